The molecule has 12 rings (SSSR count). The second-order valence-electron chi connectivity index (χ2n) is 16.4. The molecule has 11 aromatic rings. The third kappa shape index (κ3) is 5.95. The van der Waals surface area contributed by atoms with Gasteiger partial charge in [-0.15, -0.1) is 0 Å². The minimum Gasteiger partial charge on any atom is -0.456 e. The summed E-state index contributed by atoms with van der Waals surface area (Å²) in [4.78, 5) is 2.42. The molecular formula is C61H41NO. The quantitative estimate of drug-likeness (QED) is 0.152. The SMILES string of the molecule is c1ccc(-c2ccc(N(c3cccc(C4(c5ccccc5)c5ccccc5-c5c(-c6ccccc6)cccc54)c3)c3cccc4oc5ccc(-c6ccccc6)cc5c34)cc2)cc1. The Morgan fingerprint density at radius 1 is 0.333 bits per heavy atom. The minimum absolute atomic E-state index is 0.601. The van der Waals surface area contributed by atoms with E-state index in [-0.39, 0.29) is 0 Å². The highest BCUT2D eigenvalue weighted by atomic mass is 16.3. The summed E-state index contributed by atoms with van der Waals surface area (Å²) in [5.41, 5.74) is 18.9. The molecule has 0 amide bonds. The molecule has 2 heteroatoms. The van der Waals surface area contributed by atoms with Gasteiger partial charge in [0.15, 0.2) is 0 Å². The molecule has 0 N–H and O–H groups in total. The van der Waals surface area contributed by atoms with Crippen LogP contribution in [0.3, 0.4) is 0 Å². The van der Waals surface area contributed by atoms with Crippen molar-refractivity contribution in [1.82, 2.24) is 0 Å². The van der Waals surface area contributed by atoms with Gasteiger partial charge in [0, 0.05) is 16.8 Å². The molecule has 0 radical (unpaired) electrons. The zero-order chi connectivity index (χ0) is 41.7. The normalized spacial score (nSPS) is 14.1. The minimum atomic E-state index is -0.601. The molecule has 0 bridgehead atoms. The lowest BCUT2D eigenvalue weighted by atomic mass is 9.67. The fraction of sp³-hybridized carbons (Fsp3) is 0.0164. The molecular weight excluding hydrogens is 763 g/mol. The second-order valence-corrected chi connectivity index (χ2v) is 16.4. The predicted molar refractivity (Wildman–Crippen MR) is 262 cm³/mol. The number of rotatable bonds is 8. The van der Waals surface area contributed by atoms with Gasteiger partial charge in [-0.1, -0.05) is 200 Å². The molecule has 1 aliphatic rings. The number of benzene rings is 10. The smallest absolute Gasteiger partial charge is 0.137 e. The number of anilines is 3. The van der Waals surface area contributed by atoms with E-state index in [9.17, 15) is 0 Å². The van der Waals surface area contributed by atoms with Crippen molar-refractivity contribution in [1.29, 1.82) is 0 Å². The molecule has 1 aliphatic carbocycles. The maximum atomic E-state index is 6.66. The molecule has 2 nitrogen and oxygen atoms in total. The van der Waals surface area contributed by atoms with Crippen LogP contribution in [0.1, 0.15) is 22.3 Å². The Labute approximate surface area is 367 Å². The van der Waals surface area contributed by atoms with Crippen LogP contribution in [0.4, 0.5) is 17.1 Å². The van der Waals surface area contributed by atoms with Gasteiger partial charge in [0.25, 0.3) is 0 Å². The average molecular weight is 804 g/mol. The summed E-state index contributed by atoms with van der Waals surface area (Å²) in [5, 5.41) is 2.15. The predicted octanol–water partition coefficient (Wildman–Crippen LogP) is 16.4. The molecule has 0 spiro atoms. The van der Waals surface area contributed by atoms with E-state index in [0.29, 0.717) is 0 Å². The standard InChI is InChI=1S/C61H41NO/c1-5-18-42(19-6-1)44-34-37-49(38-35-44)62(56-32-17-33-58-60(56)53-40-46(36-39-57(53)63-58)43-20-7-2-8-21-43)50-27-15-26-48(41-50)61(47-24-11-4-12-25-47)54-30-14-13-28-52(54)59-51(29-16-31-55(59)61)45-22-9-3-10-23-45/h1-41H. The van der Waals surface area contributed by atoms with Crippen molar-refractivity contribution in [2.75, 3.05) is 4.90 Å². The van der Waals surface area contributed by atoms with Crippen LogP contribution in [0.2, 0.25) is 0 Å². The number of hydrogen-bond donors (Lipinski definition) is 0. The molecule has 1 heterocycles. The molecule has 0 saturated carbocycles. The molecule has 0 saturated heterocycles. The van der Waals surface area contributed by atoms with Gasteiger partial charge in [-0.05, 0) is 115 Å². The van der Waals surface area contributed by atoms with Crippen molar-refractivity contribution in [3.05, 3.63) is 271 Å². The summed E-state index contributed by atoms with van der Waals surface area (Å²) in [6, 6.07) is 90.2. The fourth-order valence-electron chi connectivity index (χ4n) is 10.2. The van der Waals surface area contributed by atoms with E-state index in [1.165, 1.54) is 61.2 Å². The first kappa shape index (κ1) is 36.6. The summed E-state index contributed by atoms with van der Waals surface area (Å²) < 4.78 is 6.66. The van der Waals surface area contributed by atoms with Gasteiger partial charge in [-0.3, -0.25) is 0 Å². The van der Waals surface area contributed by atoms with E-state index in [0.717, 1.165) is 44.6 Å². The van der Waals surface area contributed by atoms with Crippen molar-refractivity contribution in [3.8, 4) is 44.5 Å². The van der Waals surface area contributed by atoms with Gasteiger partial charge in [-0.2, -0.15) is 0 Å². The zero-order valence-electron chi connectivity index (χ0n) is 34.5. The molecule has 10 aromatic carbocycles. The van der Waals surface area contributed by atoms with Crippen molar-refractivity contribution in [3.63, 3.8) is 0 Å². The van der Waals surface area contributed by atoms with Crippen LogP contribution in [0, 0.1) is 0 Å². The lowest BCUT2D eigenvalue weighted by Gasteiger charge is -2.35. The number of hydrogen-bond acceptors (Lipinski definition) is 2. The van der Waals surface area contributed by atoms with Crippen molar-refractivity contribution in [2.45, 2.75) is 5.41 Å². The van der Waals surface area contributed by atoms with Gasteiger partial charge in [0.2, 0.25) is 0 Å². The van der Waals surface area contributed by atoms with Crippen LogP contribution >= 0.6 is 0 Å². The highest BCUT2D eigenvalue weighted by Gasteiger charge is 2.47. The molecule has 0 aliphatic heterocycles. The number of fused-ring (bicyclic) bond motifs is 6. The fourth-order valence-corrected chi connectivity index (χ4v) is 10.2. The number of furan rings is 1. The van der Waals surface area contributed by atoms with E-state index in [1.807, 2.05) is 0 Å². The first-order valence-electron chi connectivity index (χ1n) is 21.7. The summed E-state index contributed by atoms with van der Waals surface area (Å²) in [6.45, 7) is 0. The van der Waals surface area contributed by atoms with E-state index in [4.69, 9.17) is 4.42 Å². The molecule has 63 heavy (non-hydrogen) atoms. The van der Waals surface area contributed by atoms with Crippen LogP contribution < -0.4 is 4.90 Å². The van der Waals surface area contributed by atoms with Gasteiger partial charge in [0.05, 0.1) is 16.5 Å². The van der Waals surface area contributed by atoms with Gasteiger partial charge < -0.3 is 9.32 Å². The van der Waals surface area contributed by atoms with Crippen LogP contribution in [-0.4, -0.2) is 0 Å². The second kappa shape index (κ2) is 15.1. The number of nitrogens with zero attached hydrogens (tertiary/aromatic N) is 1. The van der Waals surface area contributed by atoms with Gasteiger partial charge in [0.1, 0.15) is 11.2 Å². The maximum Gasteiger partial charge on any atom is 0.137 e. The average Bonchev–Trinajstić information content (AvgIpc) is 3.90. The third-order valence-electron chi connectivity index (χ3n) is 13.0. The largest absolute Gasteiger partial charge is 0.456 e. The zero-order valence-corrected chi connectivity index (χ0v) is 34.5. The lowest BCUT2D eigenvalue weighted by Crippen LogP contribution is -2.29. The van der Waals surface area contributed by atoms with Crippen LogP contribution in [0.25, 0.3) is 66.4 Å². The van der Waals surface area contributed by atoms with Crippen LogP contribution in [-0.2, 0) is 5.41 Å². The van der Waals surface area contributed by atoms with Crippen molar-refractivity contribution < 1.29 is 4.42 Å². The first-order valence-corrected chi connectivity index (χ1v) is 21.7. The Bertz CT molecular complexity index is 3430. The molecule has 296 valence electrons. The van der Waals surface area contributed by atoms with Gasteiger partial charge in [-0.25, -0.2) is 0 Å². The Morgan fingerprint density at radius 2 is 0.889 bits per heavy atom. The molecule has 1 atom stereocenters. The summed E-state index contributed by atoms with van der Waals surface area (Å²) in [5.74, 6) is 0. The van der Waals surface area contributed by atoms with E-state index < -0.39 is 5.41 Å². The van der Waals surface area contributed by atoms with Crippen molar-refractivity contribution >= 4 is 39.0 Å². The first-order chi connectivity index (χ1) is 31.3. The van der Waals surface area contributed by atoms with Crippen molar-refractivity contribution in [2.24, 2.45) is 0 Å². The Hall–Kier alpha value is -8.20. The van der Waals surface area contributed by atoms with E-state index in [2.05, 4.69) is 254 Å². The summed E-state index contributed by atoms with van der Waals surface area (Å²) in [7, 11) is 0. The van der Waals surface area contributed by atoms with Crippen LogP contribution in [0.15, 0.2) is 253 Å². The monoisotopic (exact) mass is 803 g/mol. The Balaban J connectivity index is 1.12. The van der Waals surface area contributed by atoms with E-state index in [1.54, 1.807) is 0 Å². The van der Waals surface area contributed by atoms with Crippen LogP contribution in [0.5, 0.6) is 0 Å². The lowest BCUT2D eigenvalue weighted by molar-refractivity contribution is 0.669. The Kier molecular flexibility index (Phi) is 8.76. The molecule has 1 aromatic heterocycles. The maximum absolute atomic E-state index is 6.66. The highest BCUT2D eigenvalue weighted by molar-refractivity contribution is 6.14. The van der Waals surface area contributed by atoms with Gasteiger partial charge >= 0.3 is 0 Å². The summed E-state index contributed by atoms with van der Waals surface area (Å²) >= 11 is 0. The highest BCUT2D eigenvalue weighted by Crippen LogP contribution is 2.59. The molecule has 1 unspecified atom stereocenters. The third-order valence-corrected chi connectivity index (χ3v) is 13.0. The Morgan fingerprint density at radius 3 is 1.63 bits per heavy atom. The summed E-state index contributed by atoms with van der Waals surface area (Å²) in [6.07, 6.45) is 0. The molecule has 0 fully saturated rings. The van der Waals surface area contributed by atoms with E-state index >= 15 is 0 Å². The topological polar surface area (TPSA) is 16.4 Å².